The molecule has 0 atom stereocenters. The van der Waals surface area contributed by atoms with Crippen LogP contribution in [0.3, 0.4) is 0 Å². The van der Waals surface area contributed by atoms with Crippen LogP contribution in [0.2, 0.25) is 0 Å². The molecule has 19 heavy (non-hydrogen) atoms. The molecule has 96 valence electrons. The number of carboxylic acids is 1. The highest BCUT2D eigenvalue weighted by molar-refractivity contribution is 5.92. The monoisotopic (exact) mass is 260 g/mol. The molecule has 0 saturated heterocycles. The lowest BCUT2D eigenvalue weighted by Gasteiger charge is -2.04. The molecule has 2 rings (SSSR count). The van der Waals surface area contributed by atoms with Crippen molar-refractivity contribution in [2.45, 2.75) is 0 Å². The van der Waals surface area contributed by atoms with E-state index >= 15 is 0 Å². The van der Waals surface area contributed by atoms with Crippen LogP contribution in [0, 0.1) is 10.1 Å². The predicted octanol–water partition coefficient (Wildman–Crippen LogP) is 1.33. The lowest BCUT2D eigenvalue weighted by atomic mass is 10.1. The minimum absolute atomic E-state index is 0.00907. The Bertz CT molecular complexity index is 671. The minimum atomic E-state index is -1.26. The van der Waals surface area contributed by atoms with Gasteiger partial charge in [0.05, 0.1) is 10.5 Å². The van der Waals surface area contributed by atoms with E-state index in [2.05, 4.69) is 9.97 Å². The smallest absolute Gasteiger partial charge is 0.341 e. The number of para-hydroxylation sites is 1. The lowest BCUT2D eigenvalue weighted by molar-refractivity contribution is -0.384. The van der Waals surface area contributed by atoms with Gasteiger partial charge in [0, 0.05) is 12.3 Å². The maximum absolute atomic E-state index is 10.9. The van der Waals surface area contributed by atoms with Gasteiger partial charge in [-0.05, 0) is 6.07 Å². The molecule has 1 heterocycles. The van der Waals surface area contributed by atoms with E-state index in [0.717, 1.165) is 6.20 Å². The van der Waals surface area contributed by atoms with Crippen LogP contribution in [0.25, 0.3) is 11.4 Å². The van der Waals surface area contributed by atoms with Crippen LogP contribution in [0.1, 0.15) is 10.4 Å². The Kier molecular flexibility index (Phi) is 3.06. The number of benzene rings is 1. The number of aromatic nitrogens is 2. The molecule has 0 aliphatic carbocycles. The minimum Gasteiger partial charge on any atom is -0.477 e. The summed E-state index contributed by atoms with van der Waals surface area (Å²) in [6, 6.07) is 5.87. The Morgan fingerprint density at radius 2 is 2.05 bits per heavy atom. The molecule has 0 bridgehead atoms. The molecule has 8 heteroatoms. The third kappa shape index (κ3) is 2.32. The van der Waals surface area contributed by atoms with E-state index in [4.69, 9.17) is 10.8 Å². The number of nitrogen functional groups attached to an aromatic ring is 1. The van der Waals surface area contributed by atoms with Crippen molar-refractivity contribution in [2.75, 3.05) is 5.73 Å². The molecule has 0 fully saturated rings. The van der Waals surface area contributed by atoms with Crippen LogP contribution in [0.4, 0.5) is 11.5 Å². The second-order valence-electron chi connectivity index (χ2n) is 3.57. The number of aromatic carboxylic acids is 1. The van der Waals surface area contributed by atoms with Gasteiger partial charge in [-0.2, -0.15) is 0 Å². The van der Waals surface area contributed by atoms with Gasteiger partial charge in [0.25, 0.3) is 5.69 Å². The fourth-order valence-electron chi connectivity index (χ4n) is 1.51. The van der Waals surface area contributed by atoms with Crippen LogP contribution in [0.5, 0.6) is 0 Å². The van der Waals surface area contributed by atoms with Crippen LogP contribution in [-0.2, 0) is 0 Å². The SMILES string of the molecule is Nc1nc(-c2ccccc2[N+](=O)[O-])ncc1C(=O)O. The van der Waals surface area contributed by atoms with Gasteiger partial charge in [-0.1, -0.05) is 12.1 Å². The molecule has 8 nitrogen and oxygen atoms in total. The Labute approximate surface area is 106 Å². The third-order valence-corrected chi connectivity index (χ3v) is 2.39. The number of rotatable bonds is 3. The van der Waals surface area contributed by atoms with E-state index in [0.29, 0.717) is 0 Å². The fourth-order valence-corrected chi connectivity index (χ4v) is 1.51. The lowest BCUT2D eigenvalue weighted by Crippen LogP contribution is -2.07. The normalized spacial score (nSPS) is 10.1. The molecule has 0 spiro atoms. The number of nitrogens with zero attached hydrogens (tertiary/aromatic N) is 3. The molecule has 0 saturated carbocycles. The summed E-state index contributed by atoms with van der Waals surface area (Å²) in [5.74, 6) is -1.49. The predicted molar refractivity (Wildman–Crippen MR) is 65.5 cm³/mol. The van der Waals surface area contributed by atoms with Gasteiger partial charge in [-0.25, -0.2) is 14.8 Å². The molecular formula is C11H8N4O4. The molecule has 0 aliphatic rings. The summed E-state index contributed by atoms with van der Waals surface area (Å²) in [6.45, 7) is 0. The van der Waals surface area contributed by atoms with Crippen LogP contribution in [0.15, 0.2) is 30.5 Å². The quantitative estimate of drug-likeness (QED) is 0.628. The molecule has 0 aliphatic heterocycles. The van der Waals surface area contributed by atoms with Crippen LogP contribution >= 0.6 is 0 Å². The molecule has 1 aromatic heterocycles. The van der Waals surface area contributed by atoms with Gasteiger partial charge in [-0.3, -0.25) is 10.1 Å². The summed E-state index contributed by atoms with van der Waals surface area (Å²) >= 11 is 0. The summed E-state index contributed by atoms with van der Waals surface area (Å²) in [7, 11) is 0. The van der Waals surface area contributed by atoms with Crippen LogP contribution in [-0.4, -0.2) is 26.0 Å². The van der Waals surface area contributed by atoms with Gasteiger partial charge in [0.15, 0.2) is 5.82 Å². The van der Waals surface area contributed by atoms with E-state index in [9.17, 15) is 14.9 Å². The van der Waals surface area contributed by atoms with Crippen molar-refractivity contribution in [3.63, 3.8) is 0 Å². The van der Waals surface area contributed by atoms with Gasteiger partial charge >= 0.3 is 5.97 Å². The van der Waals surface area contributed by atoms with Gasteiger partial charge < -0.3 is 10.8 Å². The third-order valence-electron chi connectivity index (χ3n) is 2.39. The van der Waals surface area contributed by atoms with Crippen LogP contribution < -0.4 is 5.73 Å². The zero-order valence-electron chi connectivity index (χ0n) is 9.48. The molecule has 0 amide bonds. The first-order chi connectivity index (χ1) is 9.00. The van der Waals surface area contributed by atoms with E-state index in [1.54, 1.807) is 6.07 Å². The summed E-state index contributed by atoms with van der Waals surface area (Å²) in [5, 5.41) is 19.7. The number of nitro benzene ring substituents is 1. The molecule has 1 aromatic carbocycles. The molecule has 3 N–H and O–H groups in total. The highest BCUT2D eigenvalue weighted by Crippen LogP contribution is 2.27. The van der Waals surface area contributed by atoms with Crippen molar-refractivity contribution in [1.82, 2.24) is 9.97 Å². The summed E-state index contributed by atoms with van der Waals surface area (Å²) in [4.78, 5) is 28.7. The zero-order valence-corrected chi connectivity index (χ0v) is 9.48. The largest absolute Gasteiger partial charge is 0.477 e. The Morgan fingerprint density at radius 3 is 2.63 bits per heavy atom. The average molecular weight is 260 g/mol. The number of hydrogen-bond acceptors (Lipinski definition) is 6. The van der Waals surface area contributed by atoms with Gasteiger partial charge in [-0.15, -0.1) is 0 Å². The van der Waals surface area contributed by atoms with E-state index in [-0.39, 0.29) is 28.5 Å². The number of anilines is 1. The molecular weight excluding hydrogens is 252 g/mol. The van der Waals surface area contributed by atoms with Crippen molar-refractivity contribution in [2.24, 2.45) is 0 Å². The number of carboxylic acid groups (broad SMARTS) is 1. The highest BCUT2D eigenvalue weighted by Gasteiger charge is 2.18. The van der Waals surface area contributed by atoms with E-state index in [1.165, 1.54) is 18.2 Å². The van der Waals surface area contributed by atoms with Gasteiger partial charge in [0.1, 0.15) is 11.4 Å². The number of nitrogens with two attached hydrogens (primary N) is 1. The number of hydrogen-bond donors (Lipinski definition) is 2. The average Bonchev–Trinajstić information content (AvgIpc) is 2.38. The zero-order chi connectivity index (χ0) is 14.0. The second-order valence-corrected chi connectivity index (χ2v) is 3.57. The van der Waals surface area contributed by atoms with Gasteiger partial charge in [0.2, 0.25) is 0 Å². The Balaban J connectivity index is 2.57. The molecule has 0 radical (unpaired) electrons. The van der Waals surface area contributed by atoms with Crippen molar-refractivity contribution < 1.29 is 14.8 Å². The number of carbonyl (C=O) groups is 1. The summed E-state index contributed by atoms with van der Waals surface area (Å²) in [5.41, 5.74) is 5.24. The van der Waals surface area contributed by atoms with Crippen molar-refractivity contribution in [3.05, 3.63) is 46.1 Å². The van der Waals surface area contributed by atoms with Crippen molar-refractivity contribution >= 4 is 17.5 Å². The maximum Gasteiger partial charge on any atom is 0.341 e. The maximum atomic E-state index is 10.9. The fraction of sp³-hybridized carbons (Fsp3) is 0. The summed E-state index contributed by atoms with van der Waals surface area (Å²) in [6.07, 6.45) is 1.02. The molecule has 0 unspecified atom stereocenters. The Morgan fingerprint density at radius 1 is 1.37 bits per heavy atom. The van der Waals surface area contributed by atoms with Crippen molar-refractivity contribution in [1.29, 1.82) is 0 Å². The van der Waals surface area contributed by atoms with E-state index in [1.807, 2.05) is 0 Å². The second kappa shape index (κ2) is 4.69. The number of nitro groups is 1. The first kappa shape index (κ1) is 12.4. The molecule has 2 aromatic rings. The topological polar surface area (TPSA) is 132 Å². The first-order valence-electron chi connectivity index (χ1n) is 5.10. The standard InChI is InChI=1S/C11H8N4O4/c12-9-7(11(16)17)5-13-10(14-9)6-3-1-2-4-8(6)15(18)19/h1-5H,(H,16,17)(H2,12,13,14). The Hall–Kier alpha value is -3.03. The first-order valence-corrected chi connectivity index (χ1v) is 5.10. The van der Waals surface area contributed by atoms with Crippen molar-refractivity contribution in [3.8, 4) is 11.4 Å². The highest BCUT2D eigenvalue weighted by atomic mass is 16.6. The summed E-state index contributed by atoms with van der Waals surface area (Å²) < 4.78 is 0. The van der Waals surface area contributed by atoms with E-state index < -0.39 is 10.9 Å².